The van der Waals surface area contributed by atoms with Crippen molar-refractivity contribution in [1.29, 1.82) is 0 Å². The quantitative estimate of drug-likeness (QED) is 0.738. The number of hydrogen-bond donors (Lipinski definition) is 0. The Kier molecular flexibility index (Phi) is 3.64. The Bertz CT molecular complexity index is 746. The Labute approximate surface area is 133 Å². The first-order valence-electron chi connectivity index (χ1n) is 7.55. The van der Waals surface area contributed by atoms with Crippen molar-refractivity contribution < 1.29 is 4.74 Å². The molecule has 0 saturated carbocycles. The van der Waals surface area contributed by atoms with E-state index >= 15 is 0 Å². The minimum absolute atomic E-state index is 0.274. The first-order chi connectivity index (χ1) is 10.9. The summed E-state index contributed by atoms with van der Waals surface area (Å²) in [7, 11) is 0. The smallest absolute Gasteiger partial charge is 0.273 e. The number of pyridine rings is 1. The van der Waals surface area contributed by atoms with Gasteiger partial charge in [0.25, 0.3) is 5.19 Å². The number of para-hydroxylation sites is 1. The molecule has 3 aromatic rings. The Morgan fingerprint density at radius 2 is 1.91 bits per heavy atom. The van der Waals surface area contributed by atoms with E-state index in [2.05, 4.69) is 39.1 Å². The lowest BCUT2D eigenvalue weighted by molar-refractivity contribution is 0.170. The molecule has 112 valence electrons. The van der Waals surface area contributed by atoms with Crippen molar-refractivity contribution in [2.75, 3.05) is 18.0 Å². The monoisotopic (exact) mass is 311 g/mol. The van der Waals surface area contributed by atoms with Gasteiger partial charge in [0.2, 0.25) is 0 Å². The fourth-order valence-corrected chi connectivity index (χ4v) is 3.53. The van der Waals surface area contributed by atoms with Gasteiger partial charge < -0.3 is 9.64 Å². The SMILES string of the molecule is c1ccc2c(N3CCC(Oc4nccs4)CC3)ccnc2c1. The van der Waals surface area contributed by atoms with Gasteiger partial charge in [-0.2, -0.15) is 0 Å². The number of aromatic nitrogens is 2. The topological polar surface area (TPSA) is 38.2 Å². The Morgan fingerprint density at radius 1 is 1.05 bits per heavy atom. The molecule has 5 heteroatoms. The highest BCUT2D eigenvalue weighted by Crippen LogP contribution is 2.29. The molecule has 4 nitrogen and oxygen atoms in total. The van der Waals surface area contributed by atoms with E-state index in [1.807, 2.05) is 17.6 Å². The fourth-order valence-electron chi connectivity index (χ4n) is 2.98. The molecule has 0 aliphatic carbocycles. The number of fused-ring (bicyclic) bond motifs is 1. The zero-order chi connectivity index (χ0) is 14.8. The van der Waals surface area contributed by atoms with Crippen LogP contribution in [0.4, 0.5) is 5.69 Å². The summed E-state index contributed by atoms with van der Waals surface area (Å²) in [5, 5.41) is 3.96. The highest BCUT2D eigenvalue weighted by molar-refractivity contribution is 7.11. The average molecular weight is 311 g/mol. The van der Waals surface area contributed by atoms with Crippen molar-refractivity contribution in [2.24, 2.45) is 0 Å². The number of ether oxygens (including phenoxy) is 1. The Morgan fingerprint density at radius 3 is 2.73 bits per heavy atom. The van der Waals surface area contributed by atoms with E-state index in [4.69, 9.17) is 4.74 Å². The van der Waals surface area contributed by atoms with Crippen LogP contribution in [0, 0.1) is 0 Å². The summed E-state index contributed by atoms with van der Waals surface area (Å²) in [5.74, 6) is 0. The molecule has 0 bridgehead atoms. The predicted octanol–water partition coefficient (Wildman–Crippen LogP) is 3.74. The van der Waals surface area contributed by atoms with E-state index < -0.39 is 0 Å². The van der Waals surface area contributed by atoms with Crippen LogP contribution in [0.15, 0.2) is 48.1 Å². The molecular formula is C17H17N3OS. The van der Waals surface area contributed by atoms with Gasteiger partial charge >= 0.3 is 0 Å². The summed E-state index contributed by atoms with van der Waals surface area (Å²) in [6.07, 6.45) is 6.01. The second-order valence-electron chi connectivity index (χ2n) is 5.45. The number of benzene rings is 1. The summed E-state index contributed by atoms with van der Waals surface area (Å²) in [4.78, 5) is 11.1. The van der Waals surface area contributed by atoms with Crippen molar-refractivity contribution in [3.05, 3.63) is 48.1 Å². The summed E-state index contributed by atoms with van der Waals surface area (Å²) < 4.78 is 5.94. The second kappa shape index (κ2) is 5.93. The Balaban J connectivity index is 1.49. The largest absolute Gasteiger partial charge is 0.467 e. The van der Waals surface area contributed by atoms with Gasteiger partial charge in [-0.25, -0.2) is 4.98 Å². The molecule has 1 aromatic carbocycles. The van der Waals surface area contributed by atoms with Gasteiger partial charge in [-0.3, -0.25) is 4.98 Å². The van der Waals surface area contributed by atoms with E-state index in [1.165, 1.54) is 11.1 Å². The lowest BCUT2D eigenvalue weighted by Crippen LogP contribution is -2.38. The third-order valence-corrected chi connectivity index (χ3v) is 4.75. The second-order valence-corrected chi connectivity index (χ2v) is 6.31. The number of hydrogen-bond acceptors (Lipinski definition) is 5. The van der Waals surface area contributed by atoms with Crippen molar-refractivity contribution >= 4 is 27.9 Å². The van der Waals surface area contributed by atoms with Gasteiger partial charge in [0.1, 0.15) is 6.10 Å². The van der Waals surface area contributed by atoms with Crippen LogP contribution in [0.3, 0.4) is 0 Å². The minimum Gasteiger partial charge on any atom is -0.467 e. The van der Waals surface area contributed by atoms with E-state index in [1.54, 1.807) is 17.5 Å². The lowest BCUT2D eigenvalue weighted by Gasteiger charge is -2.33. The zero-order valence-corrected chi connectivity index (χ0v) is 13.0. The molecule has 0 radical (unpaired) electrons. The van der Waals surface area contributed by atoms with Gasteiger partial charge in [0.15, 0.2) is 0 Å². The van der Waals surface area contributed by atoms with Crippen LogP contribution in [0.5, 0.6) is 5.19 Å². The van der Waals surface area contributed by atoms with E-state index in [0.717, 1.165) is 36.6 Å². The number of piperidine rings is 1. The number of anilines is 1. The molecule has 22 heavy (non-hydrogen) atoms. The van der Waals surface area contributed by atoms with E-state index in [0.29, 0.717) is 0 Å². The maximum Gasteiger partial charge on any atom is 0.273 e. The van der Waals surface area contributed by atoms with E-state index in [9.17, 15) is 0 Å². The van der Waals surface area contributed by atoms with Crippen LogP contribution in [-0.4, -0.2) is 29.2 Å². The zero-order valence-electron chi connectivity index (χ0n) is 12.2. The summed E-state index contributed by atoms with van der Waals surface area (Å²) in [6.45, 7) is 2.01. The number of nitrogens with zero attached hydrogens (tertiary/aromatic N) is 3. The molecule has 1 aliphatic heterocycles. The third kappa shape index (κ3) is 2.64. The third-order valence-electron chi connectivity index (χ3n) is 4.09. The highest BCUT2D eigenvalue weighted by Gasteiger charge is 2.22. The molecule has 1 saturated heterocycles. The van der Waals surface area contributed by atoms with Crippen molar-refractivity contribution in [3.63, 3.8) is 0 Å². The van der Waals surface area contributed by atoms with Gasteiger partial charge in [-0.1, -0.05) is 29.5 Å². The van der Waals surface area contributed by atoms with Crippen LogP contribution in [0.1, 0.15) is 12.8 Å². The molecule has 1 fully saturated rings. The van der Waals surface area contributed by atoms with Gasteiger partial charge in [0.05, 0.1) is 5.52 Å². The van der Waals surface area contributed by atoms with Crippen molar-refractivity contribution in [2.45, 2.75) is 18.9 Å². The molecule has 3 heterocycles. The molecule has 4 rings (SSSR count). The van der Waals surface area contributed by atoms with Gasteiger partial charge in [-0.15, -0.1) is 0 Å². The molecule has 1 aliphatic rings. The molecule has 2 aromatic heterocycles. The minimum atomic E-state index is 0.274. The molecule has 0 amide bonds. The molecule has 0 N–H and O–H groups in total. The summed E-state index contributed by atoms with van der Waals surface area (Å²) in [5.41, 5.74) is 2.33. The molecule has 0 unspecified atom stereocenters. The van der Waals surface area contributed by atoms with Gasteiger partial charge in [-0.05, 0) is 12.1 Å². The van der Waals surface area contributed by atoms with Crippen LogP contribution in [0.25, 0.3) is 10.9 Å². The van der Waals surface area contributed by atoms with E-state index in [-0.39, 0.29) is 6.10 Å². The van der Waals surface area contributed by atoms with Crippen LogP contribution in [0.2, 0.25) is 0 Å². The van der Waals surface area contributed by atoms with Crippen molar-refractivity contribution in [1.82, 2.24) is 9.97 Å². The normalized spacial score (nSPS) is 16.1. The van der Waals surface area contributed by atoms with Crippen molar-refractivity contribution in [3.8, 4) is 5.19 Å². The first kappa shape index (κ1) is 13.5. The average Bonchev–Trinajstić information content (AvgIpc) is 3.08. The summed E-state index contributed by atoms with van der Waals surface area (Å²) in [6, 6.07) is 10.4. The summed E-state index contributed by atoms with van der Waals surface area (Å²) >= 11 is 1.56. The fraction of sp³-hybridized carbons (Fsp3) is 0.294. The van der Waals surface area contributed by atoms with Crippen LogP contribution >= 0.6 is 11.3 Å². The lowest BCUT2D eigenvalue weighted by atomic mass is 10.1. The number of thiazole rings is 1. The Hall–Kier alpha value is -2.14. The van der Waals surface area contributed by atoms with Gasteiger partial charge in [0, 0.05) is 54.8 Å². The number of rotatable bonds is 3. The molecule has 0 spiro atoms. The highest BCUT2D eigenvalue weighted by atomic mass is 32.1. The van der Waals surface area contributed by atoms with Crippen LogP contribution in [-0.2, 0) is 0 Å². The molecular weight excluding hydrogens is 294 g/mol. The standard InChI is InChI=1S/C17H17N3OS/c1-2-4-15-14(3-1)16(5-8-18-15)20-10-6-13(7-11-20)21-17-19-9-12-22-17/h1-5,8-9,12-13H,6-7,10-11H2. The maximum absolute atomic E-state index is 5.94. The molecule has 0 atom stereocenters. The predicted molar refractivity (Wildman–Crippen MR) is 89.7 cm³/mol. The first-order valence-corrected chi connectivity index (χ1v) is 8.43. The van der Waals surface area contributed by atoms with Crippen LogP contribution < -0.4 is 9.64 Å². The maximum atomic E-state index is 5.94.